The summed E-state index contributed by atoms with van der Waals surface area (Å²) in [6, 6.07) is 9.92. The Kier molecular flexibility index (Phi) is 4.63. The summed E-state index contributed by atoms with van der Waals surface area (Å²) in [7, 11) is 0. The van der Waals surface area contributed by atoms with Crippen molar-refractivity contribution in [2.24, 2.45) is 0 Å². The third kappa shape index (κ3) is 3.80. The first kappa shape index (κ1) is 18.1. The Hall–Kier alpha value is -3.00. The molecule has 3 aromatic rings. The molecule has 1 saturated carbocycles. The molecular formula is C21H24N6O2. The van der Waals surface area contributed by atoms with Crippen LogP contribution in [0.3, 0.4) is 0 Å². The first-order chi connectivity index (χ1) is 14.2. The molecule has 1 aliphatic carbocycles. The van der Waals surface area contributed by atoms with Gasteiger partial charge in [-0.15, -0.1) is 0 Å². The predicted molar refractivity (Wildman–Crippen MR) is 106 cm³/mol. The molecule has 2 fully saturated rings. The lowest BCUT2D eigenvalue weighted by atomic mass is 10.1. The Morgan fingerprint density at radius 2 is 2.00 bits per heavy atom. The normalized spacial score (nSPS) is 17.6. The first-order valence-corrected chi connectivity index (χ1v) is 10.1. The molecule has 0 atom stereocenters. The average molecular weight is 392 g/mol. The summed E-state index contributed by atoms with van der Waals surface area (Å²) in [5.41, 5.74) is 3.73. The fourth-order valence-corrected chi connectivity index (χ4v) is 3.76. The number of benzene rings is 1. The van der Waals surface area contributed by atoms with Crippen molar-refractivity contribution in [3.63, 3.8) is 0 Å². The molecule has 0 unspecified atom stereocenters. The molecule has 2 aliphatic rings. The lowest BCUT2D eigenvalue weighted by Crippen LogP contribution is -2.48. The number of hydrogen-bond donors (Lipinski definition) is 1. The number of aromatic amines is 1. The fraction of sp³-hybridized carbons (Fsp3) is 0.429. The summed E-state index contributed by atoms with van der Waals surface area (Å²) < 4.78 is 5.45. The number of carbonyl (C=O) groups excluding carboxylic acids is 1. The highest BCUT2D eigenvalue weighted by molar-refractivity contribution is 5.92. The van der Waals surface area contributed by atoms with Crippen LogP contribution in [0.1, 0.15) is 46.4 Å². The van der Waals surface area contributed by atoms with Gasteiger partial charge in [-0.25, -0.2) is 0 Å². The number of aryl methyl sites for hydroxylation is 1. The summed E-state index contributed by atoms with van der Waals surface area (Å²) >= 11 is 0. The molecule has 5 rings (SSSR count). The minimum absolute atomic E-state index is 0.00688. The van der Waals surface area contributed by atoms with Crippen molar-refractivity contribution in [3.05, 3.63) is 53.2 Å². The molecule has 0 radical (unpaired) electrons. The summed E-state index contributed by atoms with van der Waals surface area (Å²) in [6.45, 7) is 5.51. The smallest absolute Gasteiger partial charge is 0.274 e. The number of piperazine rings is 1. The van der Waals surface area contributed by atoms with E-state index in [1.807, 2.05) is 42.2 Å². The third-order valence-corrected chi connectivity index (χ3v) is 5.71. The molecule has 29 heavy (non-hydrogen) atoms. The minimum Gasteiger partial charge on any atom is -0.338 e. The van der Waals surface area contributed by atoms with Crippen molar-refractivity contribution >= 4 is 5.91 Å². The van der Waals surface area contributed by atoms with Gasteiger partial charge < -0.3 is 9.42 Å². The second-order valence-electron chi connectivity index (χ2n) is 7.88. The molecule has 150 valence electrons. The van der Waals surface area contributed by atoms with Gasteiger partial charge in [0.15, 0.2) is 0 Å². The number of carbonyl (C=O) groups is 1. The Labute approximate surface area is 168 Å². The van der Waals surface area contributed by atoms with Gasteiger partial charge in [-0.05, 0) is 31.4 Å². The zero-order valence-corrected chi connectivity index (χ0v) is 16.5. The van der Waals surface area contributed by atoms with Gasteiger partial charge in [-0.2, -0.15) is 10.1 Å². The Bertz CT molecular complexity index is 1010. The molecule has 1 amide bonds. The largest absolute Gasteiger partial charge is 0.338 e. The van der Waals surface area contributed by atoms with Crippen LogP contribution < -0.4 is 0 Å². The van der Waals surface area contributed by atoms with Gasteiger partial charge in [0.05, 0.1) is 6.54 Å². The fourth-order valence-electron chi connectivity index (χ4n) is 3.76. The minimum atomic E-state index is 0.00688. The number of nitrogens with zero attached hydrogens (tertiary/aromatic N) is 5. The van der Waals surface area contributed by atoms with Crippen LogP contribution in [-0.2, 0) is 6.54 Å². The van der Waals surface area contributed by atoms with Gasteiger partial charge in [0.25, 0.3) is 5.91 Å². The number of hydrogen-bond acceptors (Lipinski definition) is 6. The summed E-state index contributed by atoms with van der Waals surface area (Å²) in [5.74, 6) is 1.80. The second-order valence-corrected chi connectivity index (χ2v) is 7.88. The maximum atomic E-state index is 12.7. The van der Waals surface area contributed by atoms with Crippen LogP contribution in [0.2, 0.25) is 0 Å². The molecule has 2 aromatic heterocycles. The van der Waals surface area contributed by atoms with E-state index < -0.39 is 0 Å². The lowest BCUT2D eigenvalue weighted by molar-refractivity contribution is 0.0609. The predicted octanol–water partition coefficient (Wildman–Crippen LogP) is 2.60. The molecule has 8 nitrogen and oxygen atoms in total. The summed E-state index contributed by atoms with van der Waals surface area (Å²) in [5, 5.41) is 11.4. The van der Waals surface area contributed by atoms with Gasteiger partial charge >= 0.3 is 0 Å². The standard InChI is InChI=1S/C21H24N6O2/c1-14-4-2-3-5-16(14)20-22-19(29-25-20)13-26-8-10-27(11-9-26)21(28)18-12-17(23-24-18)15-6-7-15/h2-5,12,15H,6-11,13H2,1H3,(H,23,24). The second kappa shape index (κ2) is 7.44. The van der Waals surface area contributed by atoms with Crippen LogP contribution >= 0.6 is 0 Å². The Morgan fingerprint density at radius 3 is 2.76 bits per heavy atom. The van der Waals surface area contributed by atoms with Crippen molar-refractivity contribution in [2.45, 2.75) is 32.2 Å². The summed E-state index contributed by atoms with van der Waals surface area (Å²) in [6.07, 6.45) is 2.38. The monoisotopic (exact) mass is 392 g/mol. The number of amides is 1. The van der Waals surface area contributed by atoms with Crippen molar-refractivity contribution in [3.8, 4) is 11.4 Å². The van der Waals surface area contributed by atoms with Crippen LogP contribution in [0.5, 0.6) is 0 Å². The zero-order valence-electron chi connectivity index (χ0n) is 16.5. The van der Waals surface area contributed by atoms with Crippen molar-refractivity contribution < 1.29 is 9.32 Å². The van der Waals surface area contributed by atoms with Crippen LogP contribution in [0, 0.1) is 6.92 Å². The van der Waals surface area contributed by atoms with E-state index in [1.54, 1.807) is 0 Å². The van der Waals surface area contributed by atoms with E-state index in [0.717, 1.165) is 29.9 Å². The molecule has 0 bridgehead atoms. The molecule has 1 saturated heterocycles. The van der Waals surface area contributed by atoms with Crippen molar-refractivity contribution in [2.75, 3.05) is 26.2 Å². The highest BCUT2D eigenvalue weighted by Crippen LogP contribution is 2.39. The number of aromatic nitrogens is 4. The van der Waals surface area contributed by atoms with Crippen molar-refractivity contribution in [1.29, 1.82) is 0 Å². The van der Waals surface area contributed by atoms with Gasteiger partial charge in [-0.3, -0.25) is 14.8 Å². The van der Waals surface area contributed by atoms with E-state index in [1.165, 1.54) is 12.8 Å². The maximum absolute atomic E-state index is 12.7. The van der Waals surface area contributed by atoms with Crippen LogP contribution in [0.25, 0.3) is 11.4 Å². The quantitative estimate of drug-likeness (QED) is 0.718. The van der Waals surface area contributed by atoms with Crippen molar-refractivity contribution in [1.82, 2.24) is 30.1 Å². The van der Waals surface area contributed by atoms with Gasteiger partial charge in [0, 0.05) is 43.4 Å². The highest BCUT2D eigenvalue weighted by atomic mass is 16.5. The molecular weight excluding hydrogens is 368 g/mol. The highest BCUT2D eigenvalue weighted by Gasteiger charge is 2.29. The van der Waals surface area contributed by atoms with E-state index in [-0.39, 0.29) is 5.91 Å². The number of H-pyrrole nitrogens is 1. The van der Waals surface area contributed by atoms with Gasteiger partial charge in [0.2, 0.25) is 11.7 Å². The SMILES string of the molecule is Cc1ccccc1-c1noc(CN2CCN(C(=O)c3cc(C4CC4)[nH]n3)CC2)n1. The zero-order chi connectivity index (χ0) is 19.8. The average Bonchev–Trinajstić information content (AvgIpc) is 3.29. The van der Waals surface area contributed by atoms with E-state index >= 15 is 0 Å². The summed E-state index contributed by atoms with van der Waals surface area (Å²) in [4.78, 5) is 21.4. The van der Waals surface area contributed by atoms with Gasteiger partial charge in [-0.1, -0.05) is 29.4 Å². The Balaban J connectivity index is 1.17. The molecule has 1 aromatic carbocycles. The maximum Gasteiger partial charge on any atom is 0.274 e. The molecule has 1 aliphatic heterocycles. The molecule has 1 N–H and O–H groups in total. The van der Waals surface area contributed by atoms with Gasteiger partial charge in [0.1, 0.15) is 5.69 Å². The molecule has 0 spiro atoms. The van der Waals surface area contributed by atoms with Crippen LogP contribution in [0.15, 0.2) is 34.9 Å². The number of rotatable bonds is 5. The van der Waals surface area contributed by atoms with E-state index in [4.69, 9.17) is 4.52 Å². The molecule has 3 heterocycles. The number of nitrogens with one attached hydrogen (secondary N) is 1. The van der Waals surface area contributed by atoms with Crippen LogP contribution in [0.4, 0.5) is 0 Å². The van der Waals surface area contributed by atoms with E-state index in [0.29, 0.717) is 43.0 Å². The first-order valence-electron chi connectivity index (χ1n) is 10.1. The van der Waals surface area contributed by atoms with E-state index in [9.17, 15) is 4.79 Å². The molecule has 8 heteroatoms. The topological polar surface area (TPSA) is 91.2 Å². The Morgan fingerprint density at radius 1 is 1.21 bits per heavy atom. The third-order valence-electron chi connectivity index (χ3n) is 5.71. The van der Waals surface area contributed by atoms with Crippen LogP contribution in [-0.4, -0.2) is 62.2 Å². The lowest BCUT2D eigenvalue weighted by Gasteiger charge is -2.33. The van der Waals surface area contributed by atoms with E-state index in [2.05, 4.69) is 25.2 Å².